The lowest BCUT2D eigenvalue weighted by atomic mass is 9.96. The van der Waals surface area contributed by atoms with E-state index in [1.54, 1.807) is 4.68 Å². The SMILES string of the molecule is CCc1cccc(-n2nc(C)cc2C(=O)Nc2cccc(C(NCC3CC3)c3cc(OCc4ccccc4)ccc3OCc3ccccc3)c2)c1. The zero-order valence-corrected chi connectivity index (χ0v) is 29.2. The smallest absolute Gasteiger partial charge is 0.274 e. The highest BCUT2D eigenvalue weighted by Gasteiger charge is 2.26. The van der Waals surface area contributed by atoms with Crippen LogP contribution in [0, 0.1) is 12.8 Å². The second-order valence-corrected chi connectivity index (χ2v) is 13.2. The zero-order chi connectivity index (χ0) is 35.0. The van der Waals surface area contributed by atoms with Gasteiger partial charge in [-0.3, -0.25) is 4.79 Å². The minimum absolute atomic E-state index is 0.210. The van der Waals surface area contributed by atoms with Gasteiger partial charge in [0.05, 0.1) is 17.4 Å². The second kappa shape index (κ2) is 15.9. The molecule has 0 saturated heterocycles. The van der Waals surface area contributed by atoms with Gasteiger partial charge in [0.15, 0.2) is 0 Å². The van der Waals surface area contributed by atoms with Gasteiger partial charge in [0.2, 0.25) is 0 Å². The van der Waals surface area contributed by atoms with Gasteiger partial charge < -0.3 is 20.1 Å². The van der Waals surface area contributed by atoms with Crippen molar-refractivity contribution in [3.63, 3.8) is 0 Å². The molecule has 1 heterocycles. The van der Waals surface area contributed by atoms with Crippen molar-refractivity contribution in [3.8, 4) is 17.2 Å². The standard InChI is InChI=1S/C44H44N4O3/c1-3-32-16-10-19-38(25-32)48-41(24-31(2)47-48)44(49)46-37-18-11-17-36(26-37)43(45-28-33-20-21-33)40-27-39(50-29-34-12-6-4-7-13-34)22-23-42(40)51-30-35-14-8-5-9-15-35/h4-19,22-27,33,43,45H,3,20-21,28-30H2,1-2H3,(H,46,49). The van der Waals surface area contributed by atoms with E-state index in [1.165, 1.54) is 18.4 Å². The fourth-order valence-electron chi connectivity index (χ4n) is 6.22. The van der Waals surface area contributed by atoms with Crippen molar-refractivity contribution in [2.24, 2.45) is 5.92 Å². The number of nitrogens with zero attached hydrogens (tertiary/aromatic N) is 2. The Morgan fingerprint density at radius 3 is 2.22 bits per heavy atom. The summed E-state index contributed by atoms with van der Waals surface area (Å²) in [6.45, 7) is 5.81. The molecule has 0 spiro atoms. The number of aryl methyl sites for hydroxylation is 2. The third kappa shape index (κ3) is 8.74. The third-order valence-electron chi connectivity index (χ3n) is 9.19. The van der Waals surface area contributed by atoms with Crippen molar-refractivity contribution in [1.29, 1.82) is 0 Å². The number of nitrogens with one attached hydrogen (secondary N) is 2. The minimum atomic E-state index is -0.222. The highest BCUT2D eigenvalue weighted by molar-refractivity contribution is 6.03. The van der Waals surface area contributed by atoms with Crippen molar-refractivity contribution >= 4 is 11.6 Å². The molecular formula is C44H44N4O3. The summed E-state index contributed by atoms with van der Waals surface area (Å²) in [7, 11) is 0. The average molecular weight is 677 g/mol. The van der Waals surface area contributed by atoms with Crippen LogP contribution in [0.15, 0.2) is 133 Å². The quantitative estimate of drug-likeness (QED) is 0.113. The number of benzene rings is 5. The molecule has 2 N–H and O–H groups in total. The Hall–Kier alpha value is -5.66. The maximum absolute atomic E-state index is 13.8. The highest BCUT2D eigenvalue weighted by Crippen LogP contribution is 2.37. The van der Waals surface area contributed by atoms with Crippen LogP contribution in [0.25, 0.3) is 5.69 Å². The molecule has 1 unspecified atom stereocenters. The Kier molecular flexibility index (Phi) is 10.6. The molecular weight excluding hydrogens is 633 g/mol. The summed E-state index contributed by atoms with van der Waals surface area (Å²) in [5.41, 5.74) is 8.19. The summed E-state index contributed by atoms with van der Waals surface area (Å²) < 4.78 is 14.6. The summed E-state index contributed by atoms with van der Waals surface area (Å²) in [4.78, 5) is 13.8. The number of hydrogen-bond acceptors (Lipinski definition) is 5. The molecule has 0 radical (unpaired) electrons. The number of carbonyl (C=O) groups excluding carboxylic acids is 1. The first-order chi connectivity index (χ1) is 25.0. The predicted molar refractivity (Wildman–Crippen MR) is 203 cm³/mol. The molecule has 1 amide bonds. The average Bonchev–Trinajstić information content (AvgIpc) is 3.92. The molecule has 1 aliphatic rings. The lowest BCUT2D eigenvalue weighted by molar-refractivity contribution is 0.101. The summed E-state index contributed by atoms with van der Waals surface area (Å²) >= 11 is 0. The first-order valence-corrected chi connectivity index (χ1v) is 17.8. The third-order valence-corrected chi connectivity index (χ3v) is 9.19. The Balaban J connectivity index is 1.19. The molecule has 6 aromatic rings. The van der Waals surface area contributed by atoms with E-state index in [2.05, 4.69) is 71.2 Å². The fraction of sp³-hybridized carbons (Fsp3) is 0.227. The van der Waals surface area contributed by atoms with E-state index in [9.17, 15) is 4.79 Å². The molecule has 1 atom stereocenters. The van der Waals surface area contributed by atoms with E-state index in [1.807, 2.05) is 91.9 Å². The Morgan fingerprint density at radius 2 is 1.49 bits per heavy atom. The van der Waals surface area contributed by atoms with Crippen LogP contribution in [0.2, 0.25) is 0 Å². The molecule has 5 aromatic carbocycles. The van der Waals surface area contributed by atoms with Crippen molar-refractivity contribution in [2.75, 3.05) is 11.9 Å². The van der Waals surface area contributed by atoms with Crippen LogP contribution in [0.4, 0.5) is 5.69 Å². The van der Waals surface area contributed by atoms with Crippen LogP contribution in [0.1, 0.15) is 69.8 Å². The summed E-state index contributed by atoms with van der Waals surface area (Å²) in [6, 6.07) is 44.3. The van der Waals surface area contributed by atoms with Crippen LogP contribution in [-0.2, 0) is 19.6 Å². The number of rotatable bonds is 15. The lowest BCUT2D eigenvalue weighted by Crippen LogP contribution is -2.25. The van der Waals surface area contributed by atoms with Crippen LogP contribution >= 0.6 is 0 Å². The molecule has 1 aliphatic carbocycles. The highest BCUT2D eigenvalue weighted by atomic mass is 16.5. The normalized spacial score (nSPS) is 13.1. The van der Waals surface area contributed by atoms with Crippen LogP contribution in [0.5, 0.6) is 11.5 Å². The minimum Gasteiger partial charge on any atom is -0.489 e. The molecule has 0 bridgehead atoms. The van der Waals surface area contributed by atoms with E-state index in [0.29, 0.717) is 30.5 Å². The van der Waals surface area contributed by atoms with Gasteiger partial charge in [-0.15, -0.1) is 0 Å². The fourth-order valence-corrected chi connectivity index (χ4v) is 6.22. The van der Waals surface area contributed by atoms with E-state index < -0.39 is 0 Å². The van der Waals surface area contributed by atoms with Gasteiger partial charge in [-0.2, -0.15) is 5.10 Å². The predicted octanol–water partition coefficient (Wildman–Crippen LogP) is 9.24. The summed E-state index contributed by atoms with van der Waals surface area (Å²) in [6.07, 6.45) is 3.35. The number of ether oxygens (including phenoxy) is 2. The lowest BCUT2D eigenvalue weighted by Gasteiger charge is -2.24. The Labute approximate surface area is 300 Å². The van der Waals surface area contributed by atoms with E-state index in [0.717, 1.165) is 58.1 Å². The molecule has 51 heavy (non-hydrogen) atoms. The summed E-state index contributed by atoms with van der Waals surface area (Å²) in [5.74, 6) is 1.97. The van der Waals surface area contributed by atoms with Crippen LogP contribution in [-0.4, -0.2) is 22.2 Å². The van der Waals surface area contributed by atoms with Gasteiger partial charge in [-0.25, -0.2) is 4.68 Å². The number of anilines is 1. The van der Waals surface area contributed by atoms with Crippen molar-refractivity contribution < 1.29 is 14.3 Å². The van der Waals surface area contributed by atoms with Gasteiger partial charge in [-0.05, 0) is 109 Å². The van der Waals surface area contributed by atoms with E-state index in [-0.39, 0.29) is 11.9 Å². The number of carbonyl (C=O) groups is 1. The molecule has 1 saturated carbocycles. The molecule has 1 aromatic heterocycles. The van der Waals surface area contributed by atoms with Crippen molar-refractivity contribution in [3.05, 3.63) is 173 Å². The topological polar surface area (TPSA) is 77.4 Å². The Bertz CT molecular complexity index is 2070. The van der Waals surface area contributed by atoms with Crippen molar-refractivity contribution in [2.45, 2.75) is 52.4 Å². The van der Waals surface area contributed by atoms with Crippen molar-refractivity contribution in [1.82, 2.24) is 15.1 Å². The number of amides is 1. The monoisotopic (exact) mass is 676 g/mol. The number of aromatic nitrogens is 2. The molecule has 258 valence electrons. The second-order valence-electron chi connectivity index (χ2n) is 13.2. The summed E-state index contributed by atoms with van der Waals surface area (Å²) in [5, 5.41) is 11.7. The first kappa shape index (κ1) is 33.8. The van der Waals surface area contributed by atoms with Crippen LogP contribution < -0.4 is 20.1 Å². The van der Waals surface area contributed by atoms with E-state index >= 15 is 0 Å². The molecule has 7 heteroatoms. The molecule has 7 rings (SSSR count). The van der Waals surface area contributed by atoms with Gasteiger partial charge >= 0.3 is 0 Å². The van der Waals surface area contributed by atoms with Gasteiger partial charge in [0.1, 0.15) is 30.4 Å². The van der Waals surface area contributed by atoms with Gasteiger partial charge in [-0.1, -0.05) is 91.9 Å². The first-order valence-electron chi connectivity index (χ1n) is 17.8. The number of hydrogen-bond donors (Lipinski definition) is 2. The Morgan fingerprint density at radius 1 is 0.784 bits per heavy atom. The molecule has 0 aliphatic heterocycles. The van der Waals surface area contributed by atoms with E-state index in [4.69, 9.17) is 9.47 Å². The maximum Gasteiger partial charge on any atom is 0.274 e. The zero-order valence-electron chi connectivity index (χ0n) is 29.2. The molecule has 1 fully saturated rings. The maximum atomic E-state index is 13.8. The molecule has 7 nitrogen and oxygen atoms in total. The largest absolute Gasteiger partial charge is 0.489 e. The van der Waals surface area contributed by atoms with Gasteiger partial charge in [0.25, 0.3) is 5.91 Å². The van der Waals surface area contributed by atoms with Gasteiger partial charge in [0, 0.05) is 11.3 Å². The van der Waals surface area contributed by atoms with Crippen LogP contribution in [0.3, 0.4) is 0 Å².